The van der Waals surface area contributed by atoms with Crippen LogP contribution in [0.4, 0.5) is 5.95 Å². The zero-order valence-electron chi connectivity index (χ0n) is 18.9. The van der Waals surface area contributed by atoms with Gasteiger partial charge in [-0.3, -0.25) is 4.68 Å². The van der Waals surface area contributed by atoms with Crippen molar-refractivity contribution in [2.75, 3.05) is 31.2 Å². The average molecular weight is 423 g/mol. The van der Waals surface area contributed by atoms with Gasteiger partial charge in [0.25, 0.3) is 0 Å². The Kier molecular flexibility index (Phi) is 4.84. The minimum atomic E-state index is -0.0638. The summed E-state index contributed by atoms with van der Waals surface area (Å²) in [6.07, 6.45) is 4.98. The van der Waals surface area contributed by atoms with Crippen molar-refractivity contribution in [2.24, 2.45) is 18.4 Å². The van der Waals surface area contributed by atoms with E-state index < -0.39 is 0 Å². The van der Waals surface area contributed by atoms with E-state index in [1.165, 1.54) is 6.42 Å². The van der Waals surface area contributed by atoms with Crippen LogP contribution in [-0.2, 0) is 11.8 Å². The van der Waals surface area contributed by atoms with Crippen LogP contribution in [0.3, 0.4) is 0 Å². The van der Waals surface area contributed by atoms with Crippen molar-refractivity contribution in [3.8, 4) is 5.88 Å². The molecule has 1 aliphatic heterocycles. The first-order valence-corrected chi connectivity index (χ1v) is 10.9. The smallest absolute Gasteiger partial charge is 0.230 e. The topological polar surface area (TPSA) is 78.2 Å². The number of hydrogen-bond donors (Lipinski definition) is 0. The number of fused-ring (bicyclic) bond motifs is 1. The first kappa shape index (κ1) is 20.2. The molecule has 3 aromatic rings. The van der Waals surface area contributed by atoms with E-state index >= 15 is 0 Å². The Balaban J connectivity index is 1.46. The maximum absolute atomic E-state index is 6.26. The Morgan fingerprint density at radius 3 is 2.74 bits per heavy atom. The van der Waals surface area contributed by atoms with Crippen LogP contribution in [0, 0.1) is 25.2 Å². The molecule has 1 saturated heterocycles. The summed E-state index contributed by atoms with van der Waals surface area (Å²) in [5, 5.41) is 5.16. The van der Waals surface area contributed by atoms with Gasteiger partial charge in [-0.05, 0) is 43.2 Å². The summed E-state index contributed by atoms with van der Waals surface area (Å²) in [5.74, 6) is 1.84. The van der Waals surface area contributed by atoms with Gasteiger partial charge in [-0.1, -0.05) is 13.8 Å². The number of nitrogens with zero attached hydrogens (tertiary/aromatic N) is 6. The van der Waals surface area contributed by atoms with E-state index in [1.54, 1.807) is 4.68 Å². The van der Waals surface area contributed by atoms with Crippen LogP contribution in [0.2, 0.25) is 0 Å². The molecule has 3 aromatic heterocycles. The molecule has 2 unspecified atom stereocenters. The van der Waals surface area contributed by atoms with Crippen LogP contribution in [0.1, 0.15) is 43.2 Å². The van der Waals surface area contributed by atoms with Crippen LogP contribution in [0.25, 0.3) is 11.0 Å². The summed E-state index contributed by atoms with van der Waals surface area (Å²) in [7, 11) is 1.91. The highest BCUT2D eigenvalue weighted by molar-refractivity contribution is 5.82. The van der Waals surface area contributed by atoms with Gasteiger partial charge in [0.2, 0.25) is 11.8 Å². The molecule has 1 saturated carbocycles. The lowest BCUT2D eigenvalue weighted by Gasteiger charge is -2.32. The van der Waals surface area contributed by atoms with E-state index in [0.717, 1.165) is 28.8 Å². The third kappa shape index (κ3) is 3.96. The fraction of sp³-hybridized carbons (Fsp3) is 0.565. The predicted molar refractivity (Wildman–Crippen MR) is 118 cm³/mol. The first-order valence-electron chi connectivity index (χ1n) is 10.9. The van der Waals surface area contributed by atoms with Crippen LogP contribution >= 0.6 is 0 Å². The molecule has 1 aliphatic carbocycles. The summed E-state index contributed by atoms with van der Waals surface area (Å²) < 4.78 is 14.0. The van der Waals surface area contributed by atoms with E-state index in [2.05, 4.69) is 36.8 Å². The third-order valence-corrected chi connectivity index (χ3v) is 6.67. The van der Waals surface area contributed by atoms with Gasteiger partial charge in [0, 0.05) is 31.0 Å². The number of rotatable bonds is 5. The molecule has 0 radical (unpaired) electrons. The lowest BCUT2D eigenvalue weighted by atomic mass is 10.1. The fourth-order valence-electron chi connectivity index (χ4n) is 4.14. The maximum atomic E-state index is 6.26. The Morgan fingerprint density at radius 1 is 1.23 bits per heavy atom. The highest BCUT2D eigenvalue weighted by atomic mass is 16.5. The highest BCUT2D eigenvalue weighted by Crippen LogP contribution is 2.51. The Hall–Kier alpha value is -2.74. The van der Waals surface area contributed by atoms with Crippen LogP contribution in [0.15, 0.2) is 18.5 Å². The second-order valence-electron chi connectivity index (χ2n) is 9.54. The molecule has 2 atom stereocenters. The number of aryl methyl sites for hydroxylation is 3. The number of aromatic nitrogens is 5. The maximum Gasteiger partial charge on any atom is 0.230 e. The molecule has 4 heterocycles. The van der Waals surface area contributed by atoms with Crippen LogP contribution in [0.5, 0.6) is 5.88 Å². The van der Waals surface area contributed by atoms with Gasteiger partial charge >= 0.3 is 0 Å². The van der Waals surface area contributed by atoms with Gasteiger partial charge in [0.15, 0.2) is 5.65 Å². The van der Waals surface area contributed by atoms with Crippen LogP contribution in [-0.4, -0.2) is 51.0 Å². The Morgan fingerprint density at radius 2 is 2.03 bits per heavy atom. The van der Waals surface area contributed by atoms with Crippen molar-refractivity contribution in [1.82, 2.24) is 24.7 Å². The van der Waals surface area contributed by atoms with Gasteiger partial charge in [-0.15, -0.1) is 0 Å². The molecule has 0 aromatic carbocycles. The molecule has 2 fully saturated rings. The van der Waals surface area contributed by atoms with Gasteiger partial charge in [0.1, 0.15) is 6.10 Å². The summed E-state index contributed by atoms with van der Waals surface area (Å²) >= 11 is 0. The van der Waals surface area contributed by atoms with Gasteiger partial charge in [-0.25, -0.2) is 4.98 Å². The zero-order valence-corrected chi connectivity index (χ0v) is 18.9. The zero-order chi connectivity index (χ0) is 21.8. The summed E-state index contributed by atoms with van der Waals surface area (Å²) in [5.41, 5.74) is 4.19. The van der Waals surface area contributed by atoms with Crippen molar-refractivity contribution in [1.29, 1.82) is 0 Å². The normalized spacial score (nSPS) is 22.7. The van der Waals surface area contributed by atoms with Crippen molar-refractivity contribution in [3.05, 3.63) is 35.3 Å². The standard InChI is InChI=1S/C23H30N6O2/c1-14-8-18-20(25-15(14)2)26-22(27-21(18)31-13-17-9-23(17,3)4)29-6-7-30-19(12-29)16-10-24-28(5)11-16/h8,10-11,17,19H,6-7,9,12-13H2,1-5H3. The molecule has 8 heteroatoms. The van der Waals surface area contributed by atoms with E-state index in [0.29, 0.717) is 48.6 Å². The third-order valence-electron chi connectivity index (χ3n) is 6.67. The minimum Gasteiger partial charge on any atom is -0.477 e. The molecule has 164 valence electrons. The molecular formula is C23H30N6O2. The minimum absolute atomic E-state index is 0.0638. The number of pyridine rings is 1. The SMILES string of the molecule is Cc1cc2c(OCC3CC3(C)C)nc(N3CCOC(c4cnn(C)c4)C3)nc2nc1C. The molecule has 5 rings (SSSR count). The quantitative estimate of drug-likeness (QED) is 0.624. The fourth-order valence-corrected chi connectivity index (χ4v) is 4.14. The lowest BCUT2D eigenvalue weighted by molar-refractivity contribution is 0.0391. The van der Waals surface area contributed by atoms with Crippen LogP contribution < -0.4 is 9.64 Å². The second-order valence-corrected chi connectivity index (χ2v) is 9.54. The summed E-state index contributed by atoms with van der Waals surface area (Å²) in [6.45, 7) is 11.3. The van der Waals surface area contributed by atoms with Gasteiger partial charge in [0.05, 0.1) is 31.3 Å². The number of morpholine rings is 1. The van der Waals surface area contributed by atoms with Crippen molar-refractivity contribution in [2.45, 2.75) is 40.2 Å². The summed E-state index contributed by atoms with van der Waals surface area (Å²) in [4.78, 5) is 16.6. The second kappa shape index (κ2) is 7.44. The first-order chi connectivity index (χ1) is 14.8. The monoisotopic (exact) mass is 422 g/mol. The molecule has 0 bridgehead atoms. The Bertz CT molecular complexity index is 1120. The van der Waals surface area contributed by atoms with Crippen molar-refractivity contribution < 1.29 is 9.47 Å². The van der Waals surface area contributed by atoms with E-state index in [1.807, 2.05) is 26.4 Å². The van der Waals surface area contributed by atoms with Crippen molar-refractivity contribution >= 4 is 17.0 Å². The molecular weight excluding hydrogens is 392 g/mol. The van der Waals surface area contributed by atoms with E-state index in [9.17, 15) is 0 Å². The molecule has 2 aliphatic rings. The average Bonchev–Trinajstić information content (AvgIpc) is 3.13. The Labute approximate surface area is 182 Å². The van der Waals surface area contributed by atoms with Gasteiger partial charge < -0.3 is 14.4 Å². The predicted octanol–water partition coefficient (Wildman–Crippen LogP) is 3.38. The number of ether oxygens (including phenoxy) is 2. The lowest BCUT2D eigenvalue weighted by Crippen LogP contribution is -2.39. The number of anilines is 1. The molecule has 8 nitrogen and oxygen atoms in total. The molecule has 0 spiro atoms. The molecule has 31 heavy (non-hydrogen) atoms. The van der Waals surface area contributed by atoms with E-state index in [-0.39, 0.29) is 6.10 Å². The number of hydrogen-bond acceptors (Lipinski definition) is 7. The largest absolute Gasteiger partial charge is 0.477 e. The highest BCUT2D eigenvalue weighted by Gasteiger charge is 2.46. The van der Waals surface area contributed by atoms with Crippen molar-refractivity contribution in [3.63, 3.8) is 0 Å². The molecule has 0 N–H and O–H groups in total. The molecule has 0 amide bonds. The van der Waals surface area contributed by atoms with Gasteiger partial charge in [-0.2, -0.15) is 15.1 Å². The summed E-state index contributed by atoms with van der Waals surface area (Å²) in [6, 6.07) is 2.09. The van der Waals surface area contributed by atoms with E-state index in [4.69, 9.17) is 24.4 Å².